The molecule has 5 heteroatoms. The fraction of sp³-hybridized carbons (Fsp3) is 0.333. The highest BCUT2D eigenvalue weighted by atomic mass is 35.5. The predicted octanol–water partition coefficient (Wildman–Crippen LogP) is 3.42. The molecule has 88 valence electrons. The number of hydrogen-bond donors (Lipinski definition) is 0. The Hall–Kier alpha value is -1.24. The fourth-order valence-electron chi connectivity index (χ4n) is 2.07. The van der Waals surface area contributed by atoms with Crippen molar-refractivity contribution in [1.82, 2.24) is 4.90 Å². The van der Waals surface area contributed by atoms with Crippen molar-refractivity contribution in [2.45, 2.75) is 25.9 Å². The summed E-state index contributed by atoms with van der Waals surface area (Å²) in [4.78, 5) is 13.7. The Morgan fingerprint density at radius 2 is 2.06 bits per heavy atom. The SMILES string of the molecule is CC(C)N1C(=O)c2c(ccc(Cl)c2Cl)C1C#N. The number of hydrogen-bond acceptors (Lipinski definition) is 2. The van der Waals surface area contributed by atoms with Gasteiger partial charge in [-0.05, 0) is 19.9 Å². The maximum Gasteiger partial charge on any atom is 0.257 e. The maximum atomic E-state index is 12.2. The third-order valence-corrected chi connectivity index (χ3v) is 3.63. The molecule has 0 bridgehead atoms. The van der Waals surface area contributed by atoms with Crippen molar-refractivity contribution in [3.63, 3.8) is 0 Å². The van der Waals surface area contributed by atoms with Gasteiger partial charge in [-0.3, -0.25) is 4.79 Å². The molecule has 1 atom stereocenters. The van der Waals surface area contributed by atoms with Gasteiger partial charge in [0.25, 0.3) is 5.91 Å². The molecule has 1 aromatic carbocycles. The van der Waals surface area contributed by atoms with Crippen LogP contribution in [-0.4, -0.2) is 16.8 Å². The Kier molecular flexibility index (Phi) is 3.03. The van der Waals surface area contributed by atoms with Crippen LogP contribution < -0.4 is 0 Å². The van der Waals surface area contributed by atoms with Gasteiger partial charge in [0.15, 0.2) is 0 Å². The highest BCUT2D eigenvalue weighted by Gasteiger charge is 2.40. The van der Waals surface area contributed by atoms with Crippen molar-refractivity contribution in [3.05, 3.63) is 33.3 Å². The molecule has 1 unspecified atom stereocenters. The molecule has 0 fully saturated rings. The van der Waals surface area contributed by atoms with Crippen LogP contribution in [-0.2, 0) is 0 Å². The number of halogens is 2. The van der Waals surface area contributed by atoms with E-state index in [4.69, 9.17) is 23.2 Å². The largest absolute Gasteiger partial charge is 0.316 e. The summed E-state index contributed by atoms with van der Waals surface area (Å²) in [7, 11) is 0. The minimum absolute atomic E-state index is 0.0607. The van der Waals surface area contributed by atoms with Gasteiger partial charge in [0, 0.05) is 11.6 Å². The van der Waals surface area contributed by atoms with Crippen molar-refractivity contribution in [2.24, 2.45) is 0 Å². The van der Waals surface area contributed by atoms with Crippen LogP contribution in [0, 0.1) is 11.3 Å². The summed E-state index contributed by atoms with van der Waals surface area (Å²) in [6.07, 6.45) is 0. The van der Waals surface area contributed by atoms with Crippen molar-refractivity contribution in [3.8, 4) is 6.07 Å². The molecule has 1 heterocycles. The third kappa shape index (κ3) is 1.69. The van der Waals surface area contributed by atoms with Gasteiger partial charge in [0.05, 0.1) is 21.7 Å². The molecule has 1 aliphatic rings. The lowest BCUT2D eigenvalue weighted by atomic mass is 10.1. The zero-order valence-corrected chi connectivity index (χ0v) is 10.9. The Labute approximate surface area is 110 Å². The van der Waals surface area contributed by atoms with Crippen LogP contribution in [0.4, 0.5) is 0 Å². The molecule has 0 aromatic heterocycles. The molecule has 0 N–H and O–H groups in total. The lowest BCUT2D eigenvalue weighted by molar-refractivity contribution is 0.0704. The monoisotopic (exact) mass is 268 g/mol. The first-order valence-electron chi connectivity index (χ1n) is 5.19. The van der Waals surface area contributed by atoms with Crippen LogP contribution in [0.15, 0.2) is 12.1 Å². The summed E-state index contributed by atoms with van der Waals surface area (Å²) in [5.74, 6) is -0.228. The summed E-state index contributed by atoms with van der Waals surface area (Å²) in [5.41, 5.74) is 1.00. The van der Waals surface area contributed by atoms with Gasteiger partial charge >= 0.3 is 0 Å². The van der Waals surface area contributed by atoms with Gasteiger partial charge in [-0.2, -0.15) is 5.26 Å². The average molecular weight is 269 g/mol. The highest BCUT2D eigenvalue weighted by Crippen LogP contribution is 2.40. The summed E-state index contributed by atoms with van der Waals surface area (Å²) < 4.78 is 0. The van der Waals surface area contributed by atoms with Gasteiger partial charge in [0.2, 0.25) is 0 Å². The van der Waals surface area contributed by atoms with Crippen LogP contribution >= 0.6 is 23.2 Å². The molecule has 3 nitrogen and oxygen atoms in total. The van der Waals surface area contributed by atoms with E-state index in [0.717, 1.165) is 0 Å². The van der Waals surface area contributed by atoms with E-state index < -0.39 is 6.04 Å². The van der Waals surface area contributed by atoms with Crippen LogP contribution in [0.2, 0.25) is 10.0 Å². The average Bonchev–Trinajstić information content (AvgIpc) is 2.57. The molecule has 2 rings (SSSR count). The number of fused-ring (bicyclic) bond motifs is 1. The molecular formula is C12H10Cl2N2O. The van der Waals surface area contributed by atoms with Gasteiger partial charge < -0.3 is 4.90 Å². The lowest BCUT2D eigenvalue weighted by Gasteiger charge is -2.24. The summed E-state index contributed by atoms with van der Waals surface area (Å²) in [6, 6.07) is 4.80. The number of carbonyl (C=O) groups excluding carboxylic acids is 1. The number of nitriles is 1. The van der Waals surface area contributed by atoms with E-state index in [1.165, 1.54) is 4.90 Å². The van der Waals surface area contributed by atoms with Crippen LogP contribution in [0.5, 0.6) is 0 Å². The Balaban J connectivity index is 2.66. The van der Waals surface area contributed by atoms with Gasteiger partial charge in [-0.15, -0.1) is 0 Å². The van der Waals surface area contributed by atoms with E-state index in [1.807, 2.05) is 13.8 Å². The van der Waals surface area contributed by atoms with Crippen LogP contribution in [0.1, 0.15) is 35.8 Å². The Bertz CT molecular complexity index is 534. The lowest BCUT2D eigenvalue weighted by Crippen LogP contribution is -2.33. The van der Waals surface area contributed by atoms with E-state index in [0.29, 0.717) is 16.1 Å². The number of rotatable bonds is 1. The van der Waals surface area contributed by atoms with Gasteiger partial charge in [-0.25, -0.2) is 0 Å². The highest BCUT2D eigenvalue weighted by molar-refractivity contribution is 6.44. The van der Waals surface area contributed by atoms with E-state index in [9.17, 15) is 10.1 Å². The summed E-state index contributed by atoms with van der Waals surface area (Å²) in [5, 5.41) is 9.76. The quantitative estimate of drug-likeness (QED) is 0.784. The standard InChI is InChI=1S/C12H10Cl2N2O/c1-6(2)16-9(5-15)7-3-4-8(13)11(14)10(7)12(16)17/h3-4,6,9H,1-2H3. The second-order valence-electron chi connectivity index (χ2n) is 4.16. The molecule has 1 amide bonds. The van der Waals surface area contributed by atoms with E-state index in [1.54, 1.807) is 12.1 Å². The normalized spacial score (nSPS) is 18.5. The van der Waals surface area contributed by atoms with E-state index in [-0.39, 0.29) is 17.0 Å². The Morgan fingerprint density at radius 3 is 2.59 bits per heavy atom. The summed E-state index contributed by atoms with van der Waals surface area (Å²) in [6.45, 7) is 3.73. The topological polar surface area (TPSA) is 44.1 Å². The van der Waals surface area contributed by atoms with Crippen molar-refractivity contribution in [2.75, 3.05) is 0 Å². The Morgan fingerprint density at radius 1 is 1.41 bits per heavy atom. The van der Waals surface area contributed by atoms with Crippen LogP contribution in [0.25, 0.3) is 0 Å². The molecule has 0 radical (unpaired) electrons. The third-order valence-electron chi connectivity index (χ3n) is 2.83. The van der Waals surface area contributed by atoms with Crippen molar-refractivity contribution >= 4 is 29.1 Å². The zero-order chi connectivity index (χ0) is 12.7. The molecular weight excluding hydrogens is 259 g/mol. The van der Waals surface area contributed by atoms with Crippen molar-refractivity contribution < 1.29 is 4.79 Å². The maximum absolute atomic E-state index is 12.2. The number of amides is 1. The molecule has 0 aliphatic carbocycles. The second kappa shape index (κ2) is 4.21. The molecule has 1 aromatic rings. The second-order valence-corrected chi connectivity index (χ2v) is 4.95. The van der Waals surface area contributed by atoms with Gasteiger partial charge in [-0.1, -0.05) is 29.3 Å². The smallest absolute Gasteiger partial charge is 0.257 e. The van der Waals surface area contributed by atoms with E-state index in [2.05, 4.69) is 6.07 Å². The molecule has 0 saturated heterocycles. The van der Waals surface area contributed by atoms with Gasteiger partial charge in [0.1, 0.15) is 6.04 Å². The summed E-state index contributed by atoms with van der Waals surface area (Å²) >= 11 is 11.9. The molecule has 0 spiro atoms. The van der Waals surface area contributed by atoms with Crippen molar-refractivity contribution in [1.29, 1.82) is 5.26 Å². The number of nitrogens with zero attached hydrogens (tertiary/aromatic N) is 2. The fourth-order valence-corrected chi connectivity index (χ4v) is 2.48. The first kappa shape index (κ1) is 12.2. The minimum Gasteiger partial charge on any atom is -0.316 e. The number of benzene rings is 1. The molecule has 0 saturated carbocycles. The first-order valence-corrected chi connectivity index (χ1v) is 5.94. The van der Waals surface area contributed by atoms with E-state index >= 15 is 0 Å². The zero-order valence-electron chi connectivity index (χ0n) is 9.37. The van der Waals surface area contributed by atoms with Crippen LogP contribution in [0.3, 0.4) is 0 Å². The first-order chi connectivity index (χ1) is 7.99. The molecule has 1 aliphatic heterocycles. The minimum atomic E-state index is -0.577. The predicted molar refractivity (Wildman–Crippen MR) is 66.1 cm³/mol. The number of carbonyl (C=O) groups is 1. The molecule has 17 heavy (non-hydrogen) atoms.